The second-order valence-corrected chi connectivity index (χ2v) is 5.97. The lowest BCUT2D eigenvalue weighted by Crippen LogP contribution is -2.12. The first-order valence-corrected chi connectivity index (χ1v) is 5.93. The summed E-state index contributed by atoms with van der Waals surface area (Å²) in [4.78, 5) is 3.24. The van der Waals surface area contributed by atoms with E-state index >= 15 is 0 Å². The largest absolute Gasteiger partial charge is 0.367 e. The Balaban J connectivity index is 2.07. The molecule has 5 heteroatoms. The number of rotatable bonds is 3. The number of nitrogens with zero attached hydrogens (tertiary/aromatic N) is 1. The predicted molar refractivity (Wildman–Crippen MR) is 63.7 cm³/mol. The van der Waals surface area contributed by atoms with Crippen molar-refractivity contribution < 1.29 is 13.2 Å². The molecule has 100 valence electrons. The predicted octanol–water partition coefficient (Wildman–Crippen LogP) is 3.59. The summed E-state index contributed by atoms with van der Waals surface area (Å²) in [7, 11) is 0. The van der Waals surface area contributed by atoms with E-state index in [0.717, 1.165) is 0 Å². The molecule has 1 aromatic heterocycles. The van der Waals surface area contributed by atoms with Crippen LogP contribution in [0, 0.1) is 34.3 Å². The summed E-state index contributed by atoms with van der Waals surface area (Å²) < 4.78 is 39.0. The molecular weight excluding hydrogens is 241 g/mol. The molecule has 0 unspecified atom stereocenters. The lowest BCUT2D eigenvalue weighted by molar-refractivity contribution is 0.457. The topological polar surface area (TPSA) is 24.9 Å². The fourth-order valence-electron chi connectivity index (χ4n) is 2.61. The van der Waals surface area contributed by atoms with Crippen molar-refractivity contribution >= 4 is 5.82 Å². The van der Waals surface area contributed by atoms with Crippen LogP contribution in [0.25, 0.3) is 0 Å². The van der Waals surface area contributed by atoms with Crippen molar-refractivity contribution in [3.05, 3.63) is 23.6 Å². The van der Waals surface area contributed by atoms with Crippen LogP contribution in [0.1, 0.15) is 27.7 Å². The molecule has 1 aliphatic carbocycles. The van der Waals surface area contributed by atoms with Gasteiger partial charge >= 0.3 is 0 Å². The maximum Gasteiger partial charge on any atom is 0.251 e. The van der Waals surface area contributed by atoms with Gasteiger partial charge in [0, 0.05) is 12.6 Å². The molecule has 1 fully saturated rings. The lowest BCUT2D eigenvalue weighted by atomic mass is 10.0. The van der Waals surface area contributed by atoms with Crippen molar-refractivity contribution in [2.45, 2.75) is 27.7 Å². The van der Waals surface area contributed by atoms with Crippen LogP contribution in [0.5, 0.6) is 0 Å². The molecular formula is C13H17F3N2. The fraction of sp³-hybridized carbons (Fsp3) is 0.615. The Kier molecular flexibility index (Phi) is 2.83. The molecule has 2 rings (SSSR count). The molecule has 0 aromatic carbocycles. The van der Waals surface area contributed by atoms with E-state index in [1.807, 2.05) is 0 Å². The second-order valence-electron chi connectivity index (χ2n) is 5.97. The van der Waals surface area contributed by atoms with E-state index in [-0.39, 0.29) is 16.6 Å². The van der Waals surface area contributed by atoms with Crippen molar-refractivity contribution in [3.63, 3.8) is 0 Å². The van der Waals surface area contributed by atoms with Gasteiger partial charge in [-0.1, -0.05) is 27.7 Å². The number of pyridine rings is 1. The first kappa shape index (κ1) is 13.2. The number of halogens is 3. The van der Waals surface area contributed by atoms with Crippen LogP contribution < -0.4 is 5.32 Å². The van der Waals surface area contributed by atoms with Gasteiger partial charge in [-0.3, -0.25) is 0 Å². The van der Waals surface area contributed by atoms with Gasteiger partial charge < -0.3 is 5.32 Å². The summed E-state index contributed by atoms with van der Waals surface area (Å²) in [6.45, 7) is 9.03. The van der Waals surface area contributed by atoms with Crippen LogP contribution in [0.4, 0.5) is 19.0 Å². The number of hydrogen-bond donors (Lipinski definition) is 1. The van der Waals surface area contributed by atoms with Crippen LogP contribution in [-0.4, -0.2) is 11.5 Å². The second kappa shape index (κ2) is 3.87. The molecule has 0 spiro atoms. The molecule has 0 amide bonds. The van der Waals surface area contributed by atoms with Crippen LogP contribution in [0.2, 0.25) is 0 Å². The van der Waals surface area contributed by atoms with E-state index in [4.69, 9.17) is 0 Å². The molecule has 0 bridgehead atoms. The Bertz CT molecular complexity index is 469. The molecule has 0 aliphatic heterocycles. The summed E-state index contributed by atoms with van der Waals surface area (Å²) in [5.41, 5.74) is 0.296. The van der Waals surface area contributed by atoms with Gasteiger partial charge in [0.05, 0.1) is 0 Å². The maximum atomic E-state index is 13.4. The minimum atomic E-state index is -1.28. The number of anilines is 1. The van der Waals surface area contributed by atoms with Gasteiger partial charge in [0.2, 0.25) is 0 Å². The Morgan fingerprint density at radius 1 is 1.11 bits per heavy atom. The Labute approximate surface area is 105 Å². The van der Waals surface area contributed by atoms with Gasteiger partial charge in [-0.2, -0.15) is 9.37 Å². The average Bonchev–Trinajstić information content (AvgIpc) is 2.62. The lowest BCUT2D eigenvalue weighted by Gasteiger charge is -2.08. The van der Waals surface area contributed by atoms with Crippen molar-refractivity contribution in [1.82, 2.24) is 4.98 Å². The standard InChI is InChI=1S/C13H17F3N2/c1-12(2)9(13(12,3)4)6-17-11-8(15)5-7(14)10(16)18-11/h5,9H,6H2,1-4H3,(H,17,18). The summed E-state index contributed by atoms with van der Waals surface area (Å²) in [6.07, 6.45) is 0. The maximum absolute atomic E-state index is 13.4. The number of aromatic nitrogens is 1. The van der Waals surface area contributed by atoms with Crippen LogP contribution >= 0.6 is 0 Å². The fourth-order valence-corrected chi connectivity index (χ4v) is 2.61. The Morgan fingerprint density at radius 3 is 2.17 bits per heavy atom. The van der Waals surface area contributed by atoms with E-state index in [9.17, 15) is 13.2 Å². The molecule has 1 N–H and O–H groups in total. The van der Waals surface area contributed by atoms with Gasteiger partial charge in [0.25, 0.3) is 5.95 Å². The molecule has 1 aliphatic rings. The highest BCUT2D eigenvalue weighted by molar-refractivity contribution is 5.37. The normalized spacial score (nSPS) is 20.8. The van der Waals surface area contributed by atoms with Gasteiger partial charge in [0.1, 0.15) is 0 Å². The van der Waals surface area contributed by atoms with Crippen LogP contribution in [0.15, 0.2) is 6.07 Å². The Hall–Kier alpha value is -1.26. The minimum absolute atomic E-state index is 0.148. The first-order valence-electron chi connectivity index (χ1n) is 5.93. The van der Waals surface area contributed by atoms with Gasteiger partial charge in [-0.15, -0.1) is 0 Å². The molecule has 1 heterocycles. The zero-order valence-electron chi connectivity index (χ0n) is 10.9. The van der Waals surface area contributed by atoms with Crippen LogP contribution in [-0.2, 0) is 0 Å². The van der Waals surface area contributed by atoms with Gasteiger partial charge in [-0.05, 0) is 16.7 Å². The average molecular weight is 258 g/mol. The van der Waals surface area contributed by atoms with Crippen molar-refractivity contribution in [2.24, 2.45) is 16.7 Å². The third-order valence-electron chi connectivity index (χ3n) is 4.68. The van der Waals surface area contributed by atoms with Crippen molar-refractivity contribution in [2.75, 3.05) is 11.9 Å². The molecule has 0 radical (unpaired) electrons. The van der Waals surface area contributed by atoms with E-state index in [1.54, 1.807) is 0 Å². The van der Waals surface area contributed by atoms with E-state index in [2.05, 4.69) is 38.0 Å². The molecule has 0 saturated heterocycles. The number of hydrogen-bond acceptors (Lipinski definition) is 2. The zero-order chi connectivity index (χ0) is 13.7. The Morgan fingerprint density at radius 2 is 1.67 bits per heavy atom. The third kappa shape index (κ3) is 1.85. The molecule has 1 aromatic rings. The highest BCUT2D eigenvalue weighted by Gasteiger charge is 2.64. The SMILES string of the molecule is CC1(C)C(CNc2nc(F)c(F)cc2F)C1(C)C. The highest BCUT2D eigenvalue weighted by Crippen LogP contribution is 2.68. The quantitative estimate of drug-likeness (QED) is 0.838. The summed E-state index contributed by atoms with van der Waals surface area (Å²) in [5, 5.41) is 2.76. The molecule has 2 nitrogen and oxygen atoms in total. The van der Waals surface area contributed by atoms with E-state index in [1.165, 1.54) is 0 Å². The minimum Gasteiger partial charge on any atom is -0.367 e. The van der Waals surface area contributed by atoms with E-state index < -0.39 is 17.6 Å². The first-order chi connectivity index (χ1) is 8.18. The van der Waals surface area contributed by atoms with Gasteiger partial charge in [0.15, 0.2) is 17.5 Å². The molecule has 1 saturated carbocycles. The highest BCUT2D eigenvalue weighted by atomic mass is 19.2. The van der Waals surface area contributed by atoms with Gasteiger partial charge in [-0.25, -0.2) is 8.78 Å². The summed E-state index contributed by atoms with van der Waals surface area (Å²) in [6, 6.07) is 0.508. The molecule has 18 heavy (non-hydrogen) atoms. The zero-order valence-corrected chi connectivity index (χ0v) is 10.9. The smallest absolute Gasteiger partial charge is 0.251 e. The van der Waals surface area contributed by atoms with Crippen LogP contribution in [0.3, 0.4) is 0 Å². The van der Waals surface area contributed by atoms with Crippen molar-refractivity contribution in [1.29, 1.82) is 0 Å². The number of nitrogens with one attached hydrogen (secondary N) is 1. The molecule has 0 atom stereocenters. The third-order valence-corrected chi connectivity index (χ3v) is 4.68. The summed E-state index contributed by atoms with van der Waals surface area (Å²) >= 11 is 0. The van der Waals surface area contributed by atoms with Crippen molar-refractivity contribution in [3.8, 4) is 0 Å². The monoisotopic (exact) mass is 258 g/mol. The summed E-state index contributed by atoms with van der Waals surface area (Å²) in [5.74, 6) is -3.31. The van der Waals surface area contributed by atoms with E-state index in [0.29, 0.717) is 18.5 Å².